The Morgan fingerprint density at radius 1 is 1.29 bits per heavy atom. The van der Waals surface area contributed by atoms with Gasteiger partial charge in [-0.05, 0) is 47.5 Å². The van der Waals surface area contributed by atoms with Crippen LogP contribution in [-0.4, -0.2) is 38.8 Å². The number of amides is 1. The van der Waals surface area contributed by atoms with E-state index in [0.717, 1.165) is 5.69 Å². The van der Waals surface area contributed by atoms with Crippen molar-refractivity contribution >= 4 is 5.91 Å². The Kier molecular flexibility index (Phi) is 4.86. The van der Waals surface area contributed by atoms with Gasteiger partial charge >= 0.3 is 0 Å². The first-order valence-corrected chi connectivity index (χ1v) is 6.82. The van der Waals surface area contributed by atoms with Crippen molar-refractivity contribution in [1.82, 2.24) is 25.5 Å². The summed E-state index contributed by atoms with van der Waals surface area (Å²) in [6.07, 6.45) is 1.51. The molecule has 7 nitrogen and oxygen atoms in total. The van der Waals surface area contributed by atoms with Crippen LogP contribution in [-0.2, 0) is 4.79 Å². The van der Waals surface area contributed by atoms with Crippen LogP contribution in [0.2, 0.25) is 0 Å². The van der Waals surface area contributed by atoms with Gasteiger partial charge in [0.25, 0.3) is 5.91 Å². The van der Waals surface area contributed by atoms with Crippen molar-refractivity contribution in [2.24, 2.45) is 5.92 Å². The molecular formula is C14H19N5O2. The molecule has 1 aromatic carbocycles. The fourth-order valence-corrected chi connectivity index (χ4v) is 1.59. The molecule has 1 atom stereocenters. The summed E-state index contributed by atoms with van der Waals surface area (Å²) in [5.41, 5.74) is 0.824. The minimum absolute atomic E-state index is 0.00128. The van der Waals surface area contributed by atoms with E-state index in [1.54, 1.807) is 16.8 Å². The smallest absolute Gasteiger partial charge is 0.258 e. The predicted octanol–water partition coefficient (Wildman–Crippen LogP) is 1.20. The third kappa shape index (κ3) is 4.27. The summed E-state index contributed by atoms with van der Waals surface area (Å²) in [5.74, 6) is 0.893. The van der Waals surface area contributed by atoms with Gasteiger partial charge in [0.2, 0.25) is 0 Å². The van der Waals surface area contributed by atoms with Crippen LogP contribution in [0.15, 0.2) is 30.6 Å². The molecule has 2 rings (SSSR count). The first kappa shape index (κ1) is 15.0. The lowest BCUT2D eigenvalue weighted by molar-refractivity contribution is -0.124. The van der Waals surface area contributed by atoms with Crippen LogP contribution in [0.4, 0.5) is 0 Å². The summed E-state index contributed by atoms with van der Waals surface area (Å²) in [7, 11) is 0. The van der Waals surface area contributed by atoms with Gasteiger partial charge in [0.1, 0.15) is 12.1 Å². The van der Waals surface area contributed by atoms with Crippen molar-refractivity contribution < 1.29 is 9.53 Å². The van der Waals surface area contributed by atoms with Crippen molar-refractivity contribution in [3.8, 4) is 11.4 Å². The molecule has 1 N–H and O–H groups in total. The van der Waals surface area contributed by atoms with Gasteiger partial charge in [-0.2, -0.15) is 0 Å². The van der Waals surface area contributed by atoms with Crippen molar-refractivity contribution in [3.63, 3.8) is 0 Å². The standard InChI is InChI=1S/C14H19N5O2/c1-10(2)11(3)16-14(20)8-21-13-6-4-12(5-7-13)19-9-15-17-18-19/h4-7,9-11H,8H2,1-3H3,(H,16,20)/t11-/m0/s1. The Labute approximate surface area is 123 Å². The van der Waals surface area contributed by atoms with Gasteiger partial charge in [-0.25, -0.2) is 4.68 Å². The molecule has 0 aliphatic heterocycles. The van der Waals surface area contributed by atoms with Crippen LogP contribution in [0.3, 0.4) is 0 Å². The molecule has 1 aromatic heterocycles. The average Bonchev–Trinajstić information content (AvgIpc) is 2.99. The van der Waals surface area contributed by atoms with Gasteiger partial charge in [0.05, 0.1) is 5.69 Å². The van der Waals surface area contributed by atoms with E-state index in [-0.39, 0.29) is 18.6 Å². The zero-order chi connectivity index (χ0) is 15.2. The summed E-state index contributed by atoms with van der Waals surface area (Å²) < 4.78 is 6.99. The number of hydrogen-bond donors (Lipinski definition) is 1. The predicted molar refractivity (Wildman–Crippen MR) is 77.1 cm³/mol. The molecule has 112 valence electrons. The van der Waals surface area contributed by atoms with Crippen LogP contribution in [0.5, 0.6) is 5.75 Å². The van der Waals surface area contributed by atoms with E-state index in [1.165, 1.54) is 6.33 Å². The van der Waals surface area contributed by atoms with Crippen LogP contribution in [0.1, 0.15) is 20.8 Å². The molecule has 7 heteroatoms. The number of nitrogens with one attached hydrogen (secondary N) is 1. The molecule has 0 aliphatic rings. The number of ether oxygens (including phenoxy) is 1. The molecular weight excluding hydrogens is 270 g/mol. The summed E-state index contributed by atoms with van der Waals surface area (Å²) >= 11 is 0. The van der Waals surface area contributed by atoms with E-state index in [4.69, 9.17) is 4.74 Å². The lowest BCUT2D eigenvalue weighted by Crippen LogP contribution is -2.38. The van der Waals surface area contributed by atoms with Gasteiger partial charge in [-0.1, -0.05) is 13.8 Å². The first-order chi connectivity index (χ1) is 10.1. The number of aromatic nitrogens is 4. The maximum absolute atomic E-state index is 11.7. The van der Waals surface area contributed by atoms with Crippen LogP contribution in [0.25, 0.3) is 5.69 Å². The molecule has 0 saturated carbocycles. The molecule has 0 aliphatic carbocycles. The summed E-state index contributed by atoms with van der Waals surface area (Å²) in [5, 5.41) is 13.8. The quantitative estimate of drug-likeness (QED) is 0.864. The molecule has 0 saturated heterocycles. The third-order valence-corrected chi connectivity index (χ3v) is 3.21. The van der Waals surface area contributed by atoms with E-state index < -0.39 is 0 Å². The highest BCUT2D eigenvalue weighted by atomic mass is 16.5. The lowest BCUT2D eigenvalue weighted by Gasteiger charge is -2.17. The largest absolute Gasteiger partial charge is 0.484 e. The van der Waals surface area contributed by atoms with Crippen LogP contribution < -0.4 is 10.1 Å². The Bertz CT molecular complexity index is 566. The third-order valence-electron chi connectivity index (χ3n) is 3.21. The maximum Gasteiger partial charge on any atom is 0.258 e. The monoisotopic (exact) mass is 289 g/mol. The second-order valence-corrected chi connectivity index (χ2v) is 5.14. The highest BCUT2D eigenvalue weighted by molar-refractivity contribution is 5.77. The molecule has 1 amide bonds. The summed E-state index contributed by atoms with van der Waals surface area (Å²) in [6.45, 7) is 6.10. The van der Waals surface area contributed by atoms with E-state index >= 15 is 0 Å². The minimum Gasteiger partial charge on any atom is -0.484 e. The minimum atomic E-state index is -0.124. The number of carbonyl (C=O) groups excluding carboxylic acids is 1. The zero-order valence-electron chi connectivity index (χ0n) is 12.4. The highest BCUT2D eigenvalue weighted by Crippen LogP contribution is 2.14. The fourth-order valence-electron chi connectivity index (χ4n) is 1.59. The number of hydrogen-bond acceptors (Lipinski definition) is 5. The van der Waals surface area contributed by atoms with E-state index in [9.17, 15) is 4.79 Å². The summed E-state index contributed by atoms with van der Waals surface area (Å²) in [4.78, 5) is 11.7. The van der Waals surface area contributed by atoms with E-state index in [0.29, 0.717) is 11.7 Å². The SMILES string of the molecule is CC(C)[C@H](C)NC(=O)COc1ccc(-n2cnnn2)cc1. The van der Waals surface area contributed by atoms with E-state index in [1.807, 2.05) is 19.1 Å². The molecule has 2 aromatic rings. The Morgan fingerprint density at radius 2 is 2.00 bits per heavy atom. The molecule has 0 bridgehead atoms. The van der Waals surface area contributed by atoms with Gasteiger partial charge < -0.3 is 10.1 Å². The molecule has 21 heavy (non-hydrogen) atoms. The highest BCUT2D eigenvalue weighted by Gasteiger charge is 2.11. The maximum atomic E-state index is 11.7. The second-order valence-electron chi connectivity index (χ2n) is 5.14. The molecule has 0 fully saturated rings. The van der Waals surface area contributed by atoms with E-state index in [2.05, 4.69) is 34.7 Å². The van der Waals surface area contributed by atoms with Gasteiger partial charge in [0, 0.05) is 6.04 Å². The van der Waals surface area contributed by atoms with Crippen LogP contribution >= 0.6 is 0 Å². The molecule has 0 spiro atoms. The first-order valence-electron chi connectivity index (χ1n) is 6.82. The van der Waals surface area contributed by atoms with Crippen molar-refractivity contribution in [1.29, 1.82) is 0 Å². The Morgan fingerprint density at radius 3 is 2.57 bits per heavy atom. The van der Waals surface area contributed by atoms with Crippen molar-refractivity contribution in [3.05, 3.63) is 30.6 Å². The second kappa shape index (κ2) is 6.83. The zero-order valence-corrected chi connectivity index (χ0v) is 12.4. The van der Waals surface area contributed by atoms with Gasteiger partial charge in [-0.3, -0.25) is 4.79 Å². The number of rotatable bonds is 6. The topological polar surface area (TPSA) is 81.9 Å². The normalized spacial score (nSPS) is 12.2. The lowest BCUT2D eigenvalue weighted by atomic mass is 10.1. The Balaban J connectivity index is 1.85. The summed E-state index contributed by atoms with van der Waals surface area (Å²) in [6, 6.07) is 7.32. The average molecular weight is 289 g/mol. The molecule has 0 radical (unpaired) electrons. The number of benzene rings is 1. The van der Waals surface area contributed by atoms with Crippen molar-refractivity contribution in [2.45, 2.75) is 26.8 Å². The molecule has 0 unspecified atom stereocenters. The number of carbonyl (C=O) groups is 1. The number of nitrogens with zero attached hydrogens (tertiary/aromatic N) is 4. The van der Waals surface area contributed by atoms with Gasteiger partial charge in [0.15, 0.2) is 6.61 Å². The fraction of sp³-hybridized carbons (Fsp3) is 0.429. The van der Waals surface area contributed by atoms with Gasteiger partial charge in [-0.15, -0.1) is 5.10 Å². The Hall–Kier alpha value is -2.44. The number of tetrazole rings is 1. The van der Waals surface area contributed by atoms with Crippen molar-refractivity contribution in [2.75, 3.05) is 6.61 Å². The molecule has 1 heterocycles. The van der Waals surface area contributed by atoms with Crippen LogP contribution in [0, 0.1) is 5.92 Å².